The van der Waals surface area contributed by atoms with E-state index in [0.717, 1.165) is 31.7 Å². The molecule has 0 radical (unpaired) electrons. The number of rotatable bonds is 8. The maximum atomic E-state index is 11.7. The van der Waals surface area contributed by atoms with Crippen LogP contribution in [0.15, 0.2) is 0 Å². The van der Waals surface area contributed by atoms with Crippen LogP contribution in [0.25, 0.3) is 0 Å². The van der Waals surface area contributed by atoms with Gasteiger partial charge in [-0.2, -0.15) is 0 Å². The van der Waals surface area contributed by atoms with Crippen LogP contribution in [-0.4, -0.2) is 44.7 Å². The van der Waals surface area contributed by atoms with Crippen molar-refractivity contribution < 1.29 is 8.42 Å². The highest BCUT2D eigenvalue weighted by molar-refractivity contribution is 7.88. The quantitative estimate of drug-likeness (QED) is 0.749. The fraction of sp³-hybridized carbons (Fsp3) is 1.00. The van der Waals surface area contributed by atoms with Crippen molar-refractivity contribution in [3.05, 3.63) is 0 Å². The van der Waals surface area contributed by atoms with E-state index in [9.17, 15) is 8.42 Å². The van der Waals surface area contributed by atoms with Gasteiger partial charge in [-0.3, -0.25) is 0 Å². The molecule has 1 aliphatic rings. The molecule has 0 aliphatic carbocycles. The lowest BCUT2D eigenvalue weighted by Crippen LogP contribution is -2.42. The molecule has 0 spiro atoms. The van der Waals surface area contributed by atoms with E-state index in [1.807, 2.05) is 0 Å². The third kappa shape index (κ3) is 6.10. The van der Waals surface area contributed by atoms with Crippen LogP contribution in [0, 0.1) is 11.8 Å². The average Bonchev–Trinajstić information content (AvgIpc) is 2.38. The van der Waals surface area contributed by atoms with Crippen LogP contribution in [0.4, 0.5) is 0 Å². The number of sulfonamides is 1. The zero-order chi connectivity index (χ0) is 15.2. The van der Waals surface area contributed by atoms with Gasteiger partial charge in [-0.15, -0.1) is 0 Å². The van der Waals surface area contributed by atoms with E-state index in [1.54, 1.807) is 4.31 Å². The lowest BCUT2D eigenvalue weighted by molar-refractivity contribution is 0.227. The molecule has 1 saturated heterocycles. The molecule has 0 amide bonds. The van der Waals surface area contributed by atoms with E-state index in [0.29, 0.717) is 25.0 Å². The third-order valence-electron chi connectivity index (χ3n) is 4.45. The summed E-state index contributed by atoms with van der Waals surface area (Å²) < 4.78 is 25.0. The number of hydrogen-bond donors (Lipinski definition) is 1. The third-order valence-corrected chi connectivity index (χ3v) is 5.71. The topological polar surface area (TPSA) is 49.4 Å². The Balaban J connectivity index is 2.54. The summed E-state index contributed by atoms with van der Waals surface area (Å²) >= 11 is 0. The molecular formula is C15H32N2O2S. The standard InChI is InChI=1S/C15H32N2O2S/c1-5-13(3)10-15(16-6-2)11-14-8-7-9-17(12-14)20(4,18)19/h13-16H,5-12H2,1-4H3. The Labute approximate surface area is 125 Å². The molecule has 120 valence electrons. The minimum atomic E-state index is -3.02. The Bertz CT molecular complexity index is 370. The van der Waals surface area contributed by atoms with Crippen LogP contribution in [0.1, 0.15) is 52.9 Å². The van der Waals surface area contributed by atoms with Gasteiger partial charge in [-0.25, -0.2) is 12.7 Å². The van der Waals surface area contributed by atoms with Gasteiger partial charge in [0, 0.05) is 19.1 Å². The second kappa shape index (κ2) is 8.35. The zero-order valence-corrected chi connectivity index (χ0v) is 14.4. The molecule has 3 atom stereocenters. The highest BCUT2D eigenvalue weighted by atomic mass is 32.2. The molecule has 1 fully saturated rings. The second-order valence-corrected chi connectivity index (χ2v) is 8.35. The Kier molecular flexibility index (Phi) is 7.48. The van der Waals surface area contributed by atoms with Crippen LogP contribution < -0.4 is 5.32 Å². The van der Waals surface area contributed by atoms with Crippen molar-refractivity contribution in [1.29, 1.82) is 0 Å². The van der Waals surface area contributed by atoms with Crippen LogP contribution >= 0.6 is 0 Å². The van der Waals surface area contributed by atoms with Gasteiger partial charge in [0.25, 0.3) is 0 Å². The summed E-state index contributed by atoms with van der Waals surface area (Å²) in [5, 5.41) is 3.58. The lowest BCUT2D eigenvalue weighted by atomic mass is 9.88. The van der Waals surface area contributed by atoms with Crippen molar-refractivity contribution >= 4 is 10.0 Å². The van der Waals surface area contributed by atoms with Gasteiger partial charge >= 0.3 is 0 Å². The van der Waals surface area contributed by atoms with Crippen LogP contribution in [0.2, 0.25) is 0 Å². The number of nitrogens with zero attached hydrogens (tertiary/aromatic N) is 1. The van der Waals surface area contributed by atoms with Crippen molar-refractivity contribution in [3.8, 4) is 0 Å². The van der Waals surface area contributed by atoms with Gasteiger partial charge in [0.2, 0.25) is 10.0 Å². The zero-order valence-electron chi connectivity index (χ0n) is 13.6. The summed E-state index contributed by atoms with van der Waals surface area (Å²) in [7, 11) is -3.02. The Hall–Kier alpha value is -0.130. The SMILES string of the molecule is CCNC(CC(C)CC)CC1CCCN(S(C)(=O)=O)C1. The number of hydrogen-bond acceptors (Lipinski definition) is 3. The highest BCUT2D eigenvalue weighted by Gasteiger charge is 2.27. The van der Waals surface area contributed by atoms with E-state index >= 15 is 0 Å². The normalized spacial score (nSPS) is 24.5. The molecule has 1 heterocycles. The van der Waals surface area contributed by atoms with Gasteiger partial charge in [0.1, 0.15) is 0 Å². The number of piperidine rings is 1. The van der Waals surface area contributed by atoms with Crippen molar-refractivity contribution in [1.82, 2.24) is 9.62 Å². The minimum absolute atomic E-state index is 0.506. The van der Waals surface area contributed by atoms with Crippen molar-refractivity contribution in [2.75, 3.05) is 25.9 Å². The van der Waals surface area contributed by atoms with Gasteiger partial charge in [0.15, 0.2) is 0 Å². The molecular weight excluding hydrogens is 272 g/mol. The van der Waals surface area contributed by atoms with Gasteiger partial charge < -0.3 is 5.32 Å². The predicted octanol–water partition coefficient (Wildman–Crippen LogP) is 2.46. The Morgan fingerprint density at radius 2 is 2.05 bits per heavy atom. The first-order chi connectivity index (χ1) is 9.36. The smallest absolute Gasteiger partial charge is 0.211 e. The van der Waals surface area contributed by atoms with E-state index in [4.69, 9.17) is 0 Å². The molecule has 3 unspecified atom stereocenters. The van der Waals surface area contributed by atoms with Gasteiger partial charge in [-0.05, 0) is 44.1 Å². The van der Waals surface area contributed by atoms with Crippen molar-refractivity contribution in [2.24, 2.45) is 11.8 Å². The second-order valence-electron chi connectivity index (χ2n) is 6.37. The highest BCUT2D eigenvalue weighted by Crippen LogP contribution is 2.25. The van der Waals surface area contributed by atoms with Crippen LogP contribution in [0.3, 0.4) is 0 Å². The number of nitrogens with one attached hydrogen (secondary N) is 1. The first kappa shape index (κ1) is 17.9. The molecule has 4 nitrogen and oxygen atoms in total. The lowest BCUT2D eigenvalue weighted by Gasteiger charge is -2.33. The predicted molar refractivity (Wildman–Crippen MR) is 85.3 cm³/mol. The summed E-state index contributed by atoms with van der Waals surface area (Å²) in [6, 6.07) is 0.527. The fourth-order valence-electron chi connectivity index (χ4n) is 3.13. The Morgan fingerprint density at radius 1 is 1.35 bits per heavy atom. The van der Waals surface area contributed by atoms with Gasteiger partial charge in [-0.1, -0.05) is 27.2 Å². The maximum Gasteiger partial charge on any atom is 0.211 e. The molecule has 0 aromatic heterocycles. The summed E-state index contributed by atoms with van der Waals surface area (Å²) in [6.07, 6.45) is 7.00. The van der Waals surface area contributed by atoms with E-state index < -0.39 is 10.0 Å². The van der Waals surface area contributed by atoms with E-state index in [-0.39, 0.29) is 0 Å². The summed E-state index contributed by atoms with van der Waals surface area (Å²) in [5.74, 6) is 1.24. The molecule has 1 aliphatic heterocycles. The van der Waals surface area contributed by atoms with Crippen molar-refractivity contribution in [2.45, 2.75) is 58.9 Å². The first-order valence-corrected chi connectivity index (χ1v) is 9.90. The molecule has 1 N–H and O–H groups in total. The summed E-state index contributed by atoms with van der Waals surface area (Å²) in [6.45, 7) is 9.08. The summed E-state index contributed by atoms with van der Waals surface area (Å²) in [5.41, 5.74) is 0. The minimum Gasteiger partial charge on any atom is -0.314 e. The van der Waals surface area contributed by atoms with E-state index in [1.165, 1.54) is 19.1 Å². The maximum absolute atomic E-state index is 11.7. The summed E-state index contributed by atoms with van der Waals surface area (Å²) in [4.78, 5) is 0. The fourth-order valence-corrected chi connectivity index (χ4v) is 4.07. The Morgan fingerprint density at radius 3 is 2.60 bits per heavy atom. The van der Waals surface area contributed by atoms with Crippen LogP contribution in [0.5, 0.6) is 0 Å². The first-order valence-electron chi connectivity index (χ1n) is 8.05. The molecule has 20 heavy (non-hydrogen) atoms. The molecule has 0 bridgehead atoms. The van der Waals surface area contributed by atoms with Crippen LogP contribution in [-0.2, 0) is 10.0 Å². The van der Waals surface area contributed by atoms with Gasteiger partial charge in [0.05, 0.1) is 6.26 Å². The van der Waals surface area contributed by atoms with E-state index in [2.05, 4.69) is 26.1 Å². The molecule has 1 rings (SSSR count). The molecule has 0 aromatic rings. The molecule has 0 aromatic carbocycles. The monoisotopic (exact) mass is 304 g/mol. The molecule has 0 saturated carbocycles. The largest absolute Gasteiger partial charge is 0.314 e. The average molecular weight is 304 g/mol. The van der Waals surface area contributed by atoms with Crippen molar-refractivity contribution in [3.63, 3.8) is 0 Å². The molecule has 5 heteroatoms.